The summed E-state index contributed by atoms with van der Waals surface area (Å²) in [5, 5.41) is 2.58. The van der Waals surface area contributed by atoms with Crippen LogP contribution in [0.25, 0.3) is 0 Å². The number of rotatable bonds is 3. The maximum absolute atomic E-state index is 11.5. The van der Waals surface area contributed by atoms with Crippen LogP contribution in [-0.2, 0) is 28.4 Å². The van der Waals surface area contributed by atoms with Crippen LogP contribution in [0, 0.1) is 0 Å². The molecule has 3 rings (SSSR count). The number of fused-ring (bicyclic) bond motifs is 3. The Morgan fingerprint density at radius 1 is 1.00 bits per heavy atom. The maximum atomic E-state index is 11.5. The van der Waals surface area contributed by atoms with E-state index in [2.05, 4.69) is 5.32 Å². The molecular weight excluding hydrogens is 306 g/mol. The highest BCUT2D eigenvalue weighted by Crippen LogP contribution is 2.44. The minimum absolute atomic E-state index is 0.0550. The van der Waals surface area contributed by atoms with Gasteiger partial charge in [0.25, 0.3) is 0 Å². The summed E-state index contributed by atoms with van der Waals surface area (Å²) >= 11 is 0. The number of hydrogen-bond donors (Lipinski definition) is 1. The zero-order valence-corrected chi connectivity index (χ0v) is 14.2. The molecule has 1 amide bonds. The molecule has 0 saturated carbocycles. The highest BCUT2D eigenvalue weighted by molar-refractivity contribution is 5.66. The number of alkyl carbamates (subject to hydrolysis) is 1. The maximum Gasteiger partial charge on any atom is 0.407 e. The van der Waals surface area contributed by atoms with Crippen LogP contribution in [0.15, 0.2) is 0 Å². The fraction of sp³-hybridized carbons (Fsp3) is 0.933. The summed E-state index contributed by atoms with van der Waals surface area (Å²) in [4.78, 5) is 11.5. The van der Waals surface area contributed by atoms with Crippen molar-refractivity contribution in [3.05, 3.63) is 0 Å². The van der Waals surface area contributed by atoms with Crippen LogP contribution in [-0.4, -0.2) is 61.5 Å². The first-order valence-electron chi connectivity index (χ1n) is 7.98. The SMILES string of the molecule is CCNC(=O)OC[C@H]1O[C@@H]2OC(C)(C)O[C@@H]2[C@H]2OC(C)(C)O[C@H]21. The molecule has 0 aromatic carbocycles. The van der Waals surface area contributed by atoms with Crippen molar-refractivity contribution in [1.82, 2.24) is 5.32 Å². The third-order valence-electron chi connectivity index (χ3n) is 3.95. The monoisotopic (exact) mass is 331 g/mol. The Bertz CT molecular complexity index is 467. The van der Waals surface area contributed by atoms with Gasteiger partial charge < -0.3 is 33.7 Å². The van der Waals surface area contributed by atoms with Crippen LogP contribution in [0.5, 0.6) is 0 Å². The van der Waals surface area contributed by atoms with E-state index in [9.17, 15) is 4.79 Å². The van der Waals surface area contributed by atoms with E-state index in [-0.39, 0.29) is 18.8 Å². The minimum atomic E-state index is -0.759. The molecule has 23 heavy (non-hydrogen) atoms. The molecule has 0 aromatic heterocycles. The fourth-order valence-electron chi connectivity index (χ4n) is 3.18. The lowest BCUT2D eigenvalue weighted by atomic mass is 9.99. The third-order valence-corrected chi connectivity index (χ3v) is 3.95. The summed E-state index contributed by atoms with van der Waals surface area (Å²) in [5.41, 5.74) is 0. The van der Waals surface area contributed by atoms with Crippen LogP contribution in [0.2, 0.25) is 0 Å². The van der Waals surface area contributed by atoms with Crippen molar-refractivity contribution in [2.24, 2.45) is 0 Å². The average Bonchev–Trinajstić information content (AvgIpc) is 2.90. The van der Waals surface area contributed by atoms with Gasteiger partial charge in [-0.25, -0.2) is 4.79 Å². The second kappa shape index (κ2) is 5.86. The zero-order chi connectivity index (χ0) is 16.8. The predicted octanol–water partition coefficient (Wildman–Crippen LogP) is 1.13. The van der Waals surface area contributed by atoms with Gasteiger partial charge in [0.1, 0.15) is 31.0 Å². The van der Waals surface area contributed by atoms with Crippen LogP contribution in [0.4, 0.5) is 4.79 Å². The lowest BCUT2D eigenvalue weighted by Crippen LogP contribution is -2.56. The molecule has 8 nitrogen and oxygen atoms in total. The van der Waals surface area contributed by atoms with Crippen molar-refractivity contribution < 1.29 is 33.2 Å². The normalized spacial score (nSPS) is 40.3. The van der Waals surface area contributed by atoms with Crippen LogP contribution in [0.3, 0.4) is 0 Å². The molecule has 0 bridgehead atoms. The quantitative estimate of drug-likeness (QED) is 0.830. The van der Waals surface area contributed by atoms with Crippen molar-refractivity contribution in [2.75, 3.05) is 13.2 Å². The summed E-state index contributed by atoms with van der Waals surface area (Å²) in [5.74, 6) is -1.51. The second-order valence-electron chi connectivity index (χ2n) is 6.84. The number of carbonyl (C=O) groups is 1. The van der Waals surface area contributed by atoms with Gasteiger partial charge in [-0.3, -0.25) is 0 Å². The second-order valence-corrected chi connectivity index (χ2v) is 6.84. The number of carbonyl (C=O) groups excluding carboxylic acids is 1. The van der Waals surface area contributed by atoms with Gasteiger partial charge in [-0.1, -0.05) is 0 Å². The molecule has 5 atom stereocenters. The Kier molecular flexibility index (Phi) is 4.31. The number of hydrogen-bond acceptors (Lipinski definition) is 7. The van der Waals surface area contributed by atoms with Gasteiger partial charge in [0.15, 0.2) is 17.9 Å². The third kappa shape index (κ3) is 3.46. The first-order chi connectivity index (χ1) is 10.7. The summed E-state index contributed by atoms with van der Waals surface area (Å²) in [7, 11) is 0. The first kappa shape index (κ1) is 16.9. The van der Waals surface area contributed by atoms with Crippen LogP contribution < -0.4 is 5.32 Å². The minimum Gasteiger partial charge on any atom is -0.447 e. The Labute approximate surface area is 135 Å². The summed E-state index contributed by atoms with van der Waals surface area (Å²) in [6.45, 7) is 9.70. The van der Waals surface area contributed by atoms with Gasteiger partial charge in [0, 0.05) is 6.54 Å². The molecule has 8 heteroatoms. The summed E-state index contributed by atoms with van der Waals surface area (Å²) in [6.07, 6.45) is -2.66. The Hall–Kier alpha value is -0.930. The highest BCUT2D eigenvalue weighted by atomic mass is 16.9. The van der Waals surface area contributed by atoms with Gasteiger partial charge >= 0.3 is 6.09 Å². The van der Waals surface area contributed by atoms with Gasteiger partial charge in [-0.15, -0.1) is 0 Å². The summed E-state index contributed by atoms with van der Waals surface area (Å²) < 4.78 is 34.7. The van der Waals surface area contributed by atoms with E-state index in [4.69, 9.17) is 28.4 Å². The molecule has 3 aliphatic rings. The first-order valence-corrected chi connectivity index (χ1v) is 7.98. The molecule has 132 valence electrons. The summed E-state index contributed by atoms with van der Waals surface area (Å²) in [6, 6.07) is 0. The molecule has 3 aliphatic heterocycles. The molecule has 3 fully saturated rings. The Morgan fingerprint density at radius 2 is 1.61 bits per heavy atom. The van der Waals surface area contributed by atoms with E-state index in [1.807, 2.05) is 34.6 Å². The van der Waals surface area contributed by atoms with Crippen LogP contribution >= 0.6 is 0 Å². The number of nitrogens with one attached hydrogen (secondary N) is 1. The molecule has 0 aromatic rings. The molecule has 0 aliphatic carbocycles. The number of ether oxygens (including phenoxy) is 6. The Morgan fingerprint density at radius 3 is 2.30 bits per heavy atom. The highest BCUT2D eigenvalue weighted by Gasteiger charge is 2.60. The molecule has 3 heterocycles. The number of amides is 1. The lowest BCUT2D eigenvalue weighted by Gasteiger charge is -2.36. The fourth-order valence-corrected chi connectivity index (χ4v) is 3.18. The topological polar surface area (TPSA) is 84.5 Å². The van der Waals surface area contributed by atoms with E-state index in [1.54, 1.807) is 0 Å². The standard InChI is InChI=1S/C15H25NO7/c1-6-16-13(17)18-7-8-9-10(21-14(2,3)20-9)11-12(19-8)23-15(4,5)22-11/h8-12H,6-7H2,1-5H3,(H,16,17)/t8-,9+,10+,11-,12-/m1/s1. The van der Waals surface area contributed by atoms with Crippen molar-refractivity contribution in [1.29, 1.82) is 0 Å². The van der Waals surface area contributed by atoms with Crippen LogP contribution in [0.1, 0.15) is 34.6 Å². The zero-order valence-electron chi connectivity index (χ0n) is 14.2. The van der Waals surface area contributed by atoms with Crippen molar-refractivity contribution in [3.8, 4) is 0 Å². The van der Waals surface area contributed by atoms with Gasteiger partial charge in [0.2, 0.25) is 0 Å². The Balaban J connectivity index is 1.72. The van der Waals surface area contributed by atoms with E-state index >= 15 is 0 Å². The van der Waals surface area contributed by atoms with Gasteiger partial charge in [-0.05, 0) is 34.6 Å². The predicted molar refractivity (Wildman–Crippen MR) is 77.5 cm³/mol. The molecule has 3 saturated heterocycles. The largest absolute Gasteiger partial charge is 0.447 e. The average molecular weight is 331 g/mol. The van der Waals surface area contributed by atoms with E-state index in [0.29, 0.717) is 6.54 Å². The van der Waals surface area contributed by atoms with E-state index < -0.39 is 36.2 Å². The molecular formula is C15H25NO7. The molecule has 0 unspecified atom stereocenters. The lowest BCUT2D eigenvalue weighted by molar-refractivity contribution is -0.239. The molecule has 1 N–H and O–H groups in total. The van der Waals surface area contributed by atoms with Gasteiger partial charge in [-0.2, -0.15) is 0 Å². The van der Waals surface area contributed by atoms with Gasteiger partial charge in [0.05, 0.1) is 0 Å². The van der Waals surface area contributed by atoms with Crippen molar-refractivity contribution >= 4 is 6.09 Å². The van der Waals surface area contributed by atoms with Crippen molar-refractivity contribution in [3.63, 3.8) is 0 Å². The van der Waals surface area contributed by atoms with E-state index in [1.165, 1.54) is 0 Å². The van der Waals surface area contributed by atoms with E-state index in [0.717, 1.165) is 0 Å². The smallest absolute Gasteiger partial charge is 0.407 e. The molecule has 0 spiro atoms. The molecule has 0 radical (unpaired) electrons. The van der Waals surface area contributed by atoms with Crippen molar-refractivity contribution in [2.45, 2.75) is 76.9 Å².